The van der Waals surface area contributed by atoms with Gasteiger partial charge in [-0.05, 0) is 55.2 Å². The Morgan fingerprint density at radius 3 is 2.52 bits per heavy atom. The number of benzene rings is 2. The van der Waals surface area contributed by atoms with Gasteiger partial charge in [0.2, 0.25) is 5.91 Å². The highest BCUT2D eigenvalue weighted by Gasteiger charge is 2.16. The molecule has 1 aromatic heterocycles. The van der Waals surface area contributed by atoms with Crippen LogP contribution in [0.1, 0.15) is 39.3 Å². The molecule has 3 rings (SSSR count). The van der Waals surface area contributed by atoms with Crippen LogP contribution in [0, 0.1) is 13.8 Å². The highest BCUT2D eigenvalue weighted by molar-refractivity contribution is 5.88. The Morgan fingerprint density at radius 2 is 1.83 bits per heavy atom. The van der Waals surface area contributed by atoms with Gasteiger partial charge in [0, 0.05) is 13.0 Å². The van der Waals surface area contributed by atoms with Crippen molar-refractivity contribution < 1.29 is 14.3 Å². The van der Waals surface area contributed by atoms with E-state index in [0.29, 0.717) is 18.7 Å². The van der Waals surface area contributed by atoms with E-state index in [1.807, 2.05) is 62.4 Å². The number of ether oxygens (including phenoxy) is 1. The third-order valence-electron chi connectivity index (χ3n) is 4.76. The Kier molecular flexibility index (Phi) is 6.44. The highest BCUT2D eigenvalue weighted by Crippen LogP contribution is 2.18. The van der Waals surface area contributed by atoms with Crippen LogP contribution in [0.25, 0.3) is 5.69 Å². The van der Waals surface area contributed by atoms with Crippen LogP contribution in [-0.4, -0.2) is 28.8 Å². The van der Waals surface area contributed by atoms with E-state index < -0.39 is 5.97 Å². The summed E-state index contributed by atoms with van der Waals surface area (Å²) >= 11 is 0. The van der Waals surface area contributed by atoms with E-state index in [0.717, 1.165) is 34.5 Å². The maximum Gasteiger partial charge on any atom is 0.356 e. The second-order valence-corrected chi connectivity index (χ2v) is 6.95. The predicted octanol–water partition coefficient (Wildman–Crippen LogP) is 3.52. The van der Waals surface area contributed by atoms with Crippen molar-refractivity contribution in [1.82, 2.24) is 15.1 Å². The Labute approximate surface area is 170 Å². The van der Waals surface area contributed by atoms with Crippen molar-refractivity contribution in [2.45, 2.75) is 33.2 Å². The summed E-state index contributed by atoms with van der Waals surface area (Å²) in [5.41, 5.74) is 5.07. The van der Waals surface area contributed by atoms with Gasteiger partial charge in [-0.2, -0.15) is 5.10 Å². The van der Waals surface area contributed by atoms with Crippen LogP contribution >= 0.6 is 0 Å². The summed E-state index contributed by atoms with van der Waals surface area (Å²) < 4.78 is 6.42. The molecule has 6 nitrogen and oxygen atoms in total. The minimum atomic E-state index is -0.432. The Morgan fingerprint density at radius 1 is 1.07 bits per heavy atom. The third kappa shape index (κ3) is 5.10. The number of aryl methyl sites for hydroxylation is 3. The highest BCUT2D eigenvalue weighted by atomic mass is 16.5. The van der Waals surface area contributed by atoms with Crippen LogP contribution in [0.3, 0.4) is 0 Å². The van der Waals surface area contributed by atoms with Crippen molar-refractivity contribution >= 4 is 11.9 Å². The smallest absolute Gasteiger partial charge is 0.356 e. The van der Waals surface area contributed by atoms with Crippen molar-refractivity contribution in [3.05, 3.63) is 82.7 Å². The number of amides is 1. The summed E-state index contributed by atoms with van der Waals surface area (Å²) in [6.07, 6.45) is 1.18. The first-order valence-corrected chi connectivity index (χ1v) is 9.53. The maximum absolute atomic E-state index is 12.2. The van der Waals surface area contributed by atoms with Crippen molar-refractivity contribution in [3.63, 3.8) is 0 Å². The molecule has 2 aromatic carbocycles. The summed E-state index contributed by atoms with van der Waals surface area (Å²) in [5, 5.41) is 7.37. The molecular weight excluding hydrogens is 366 g/mol. The molecule has 0 spiro atoms. The number of esters is 1. The zero-order valence-electron chi connectivity index (χ0n) is 16.9. The van der Waals surface area contributed by atoms with Gasteiger partial charge in [0.15, 0.2) is 5.69 Å². The maximum atomic E-state index is 12.2. The number of hydrogen-bond donors (Lipinski definition) is 1. The molecule has 0 saturated carbocycles. The number of nitrogens with one attached hydrogen (secondary N) is 1. The van der Waals surface area contributed by atoms with Crippen LogP contribution < -0.4 is 5.32 Å². The monoisotopic (exact) mass is 391 g/mol. The van der Waals surface area contributed by atoms with Crippen molar-refractivity contribution in [3.8, 4) is 5.69 Å². The minimum absolute atomic E-state index is 0.0213. The molecule has 1 heterocycles. The molecule has 0 aliphatic carbocycles. The first-order chi connectivity index (χ1) is 14.0. The number of nitrogens with zero attached hydrogens (tertiary/aromatic N) is 2. The molecule has 0 radical (unpaired) electrons. The van der Waals surface area contributed by atoms with E-state index in [4.69, 9.17) is 4.74 Å². The lowest BCUT2D eigenvalue weighted by Crippen LogP contribution is -2.23. The van der Waals surface area contributed by atoms with Crippen molar-refractivity contribution in [2.24, 2.45) is 0 Å². The SMILES string of the molecule is COC(=O)c1cc(C)nn1-c1ccc(CNC(=O)CCc2ccccc2)c(C)c1. The first-order valence-electron chi connectivity index (χ1n) is 9.53. The molecular formula is C23H25N3O3. The van der Waals surface area contributed by atoms with Gasteiger partial charge in [-0.25, -0.2) is 9.48 Å². The standard InChI is InChI=1S/C23H25N3O3/c1-16-13-20(26-21(23(28)29-3)14-17(2)25-26)11-10-19(16)15-24-22(27)12-9-18-7-5-4-6-8-18/h4-8,10-11,13-14H,9,12,15H2,1-3H3,(H,24,27). The fourth-order valence-electron chi connectivity index (χ4n) is 3.14. The molecule has 6 heteroatoms. The molecule has 0 atom stereocenters. The van der Waals surface area contributed by atoms with E-state index in [1.54, 1.807) is 10.7 Å². The van der Waals surface area contributed by atoms with E-state index in [-0.39, 0.29) is 5.91 Å². The summed E-state index contributed by atoms with van der Waals surface area (Å²) in [5.74, 6) is -0.411. The molecule has 0 saturated heterocycles. The largest absolute Gasteiger partial charge is 0.464 e. The molecule has 0 aliphatic rings. The summed E-state index contributed by atoms with van der Waals surface area (Å²) in [6.45, 7) is 4.26. The summed E-state index contributed by atoms with van der Waals surface area (Å²) in [4.78, 5) is 24.2. The topological polar surface area (TPSA) is 73.2 Å². The number of hydrogen-bond acceptors (Lipinski definition) is 4. The van der Waals surface area contributed by atoms with E-state index >= 15 is 0 Å². The lowest BCUT2D eigenvalue weighted by atomic mass is 10.1. The average molecular weight is 391 g/mol. The zero-order chi connectivity index (χ0) is 20.8. The molecule has 0 fully saturated rings. The molecule has 1 N–H and O–H groups in total. The van der Waals surface area contributed by atoms with Gasteiger partial charge in [0.25, 0.3) is 0 Å². The average Bonchev–Trinajstić information content (AvgIpc) is 3.13. The first kappa shape index (κ1) is 20.3. The number of rotatable bonds is 7. The molecule has 0 unspecified atom stereocenters. The lowest BCUT2D eigenvalue weighted by molar-refractivity contribution is -0.121. The van der Waals surface area contributed by atoms with Crippen LogP contribution in [0.2, 0.25) is 0 Å². The fraction of sp³-hybridized carbons (Fsp3) is 0.261. The van der Waals surface area contributed by atoms with Crippen molar-refractivity contribution in [1.29, 1.82) is 0 Å². The number of aromatic nitrogens is 2. The third-order valence-corrected chi connectivity index (χ3v) is 4.76. The van der Waals surface area contributed by atoms with Crippen LogP contribution in [0.5, 0.6) is 0 Å². The second-order valence-electron chi connectivity index (χ2n) is 6.95. The Balaban J connectivity index is 1.64. The molecule has 0 aliphatic heterocycles. The van der Waals surface area contributed by atoms with Gasteiger partial charge >= 0.3 is 5.97 Å². The number of carbonyl (C=O) groups excluding carboxylic acids is 2. The fourth-order valence-corrected chi connectivity index (χ4v) is 3.14. The summed E-state index contributed by atoms with van der Waals surface area (Å²) in [7, 11) is 1.35. The Bertz CT molecular complexity index is 1010. The van der Waals surface area contributed by atoms with Gasteiger partial charge in [-0.15, -0.1) is 0 Å². The number of carbonyl (C=O) groups is 2. The second kappa shape index (κ2) is 9.19. The van der Waals surface area contributed by atoms with Crippen LogP contribution in [-0.2, 0) is 22.5 Å². The van der Waals surface area contributed by atoms with E-state index in [2.05, 4.69) is 10.4 Å². The van der Waals surface area contributed by atoms with Gasteiger partial charge in [0.1, 0.15) is 0 Å². The zero-order valence-corrected chi connectivity index (χ0v) is 16.9. The minimum Gasteiger partial charge on any atom is -0.464 e. The van der Waals surface area contributed by atoms with Gasteiger partial charge in [-0.3, -0.25) is 4.79 Å². The van der Waals surface area contributed by atoms with Crippen LogP contribution in [0.4, 0.5) is 0 Å². The van der Waals surface area contributed by atoms with Gasteiger partial charge in [-0.1, -0.05) is 36.4 Å². The summed E-state index contributed by atoms with van der Waals surface area (Å²) in [6, 6.07) is 17.4. The van der Waals surface area contributed by atoms with Crippen LogP contribution in [0.15, 0.2) is 54.6 Å². The van der Waals surface area contributed by atoms with Crippen molar-refractivity contribution in [2.75, 3.05) is 7.11 Å². The van der Waals surface area contributed by atoms with E-state index in [1.165, 1.54) is 7.11 Å². The van der Waals surface area contributed by atoms with Gasteiger partial charge < -0.3 is 10.1 Å². The number of methoxy groups -OCH3 is 1. The Hall–Kier alpha value is -3.41. The molecule has 1 amide bonds. The molecule has 3 aromatic rings. The lowest BCUT2D eigenvalue weighted by Gasteiger charge is -2.11. The molecule has 29 heavy (non-hydrogen) atoms. The predicted molar refractivity (Wildman–Crippen MR) is 111 cm³/mol. The van der Waals surface area contributed by atoms with Gasteiger partial charge in [0.05, 0.1) is 18.5 Å². The molecule has 0 bridgehead atoms. The quantitative estimate of drug-likeness (QED) is 0.626. The normalized spacial score (nSPS) is 10.6. The molecule has 150 valence electrons. The van der Waals surface area contributed by atoms with E-state index in [9.17, 15) is 9.59 Å².